The second-order valence-electron chi connectivity index (χ2n) is 7.68. The van der Waals surface area contributed by atoms with Gasteiger partial charge in [-0.2, -0.15) is 0 Å². The van der Waals surface area contributed by atoms with Crippen molar-refractivity contribution in [1.29, 1.82) is 0 Å². The molecule has 0 saturated heterocycles. The number of fused-ring (bicyclic) bond motifs is 1. The lowest BCUT2D eigenvalue weighted by Gasteiger charge is -2.27. The molecule has 4 aromatic rings. The van der Waals surface area contributed by atoms with Crippen molar-refractivity contribution in [2.75, 3.05) is 12.0 Å². The summed E-state index contributed by atoms with van der Waals surface area (Å²) in [6, 6.07) is 17.4. The van der Waals surface area contributed by atoms with Gasteiger partial charge in [0.15, 0.2) is 11.5 Å². The van der Waals surface area contributed by atoms with Crippen LogP contribution in [0.3, 0.4) is 0 Å². The number of aliphatic hydroxyl groups excluding tert-OH is 1. The van der Waals surface area contributed by atoms with Crippen molar-refractivity contribution in [1.82, 2.24) is 0 Å². The average Bonchev–Trinajstić information content (AvgIpc) is 3.37. The van der Waals surface area contributed by atoms with Gasteiger partial charge < -0.3 is 14.3 Å². The molecule has 1 atom stereocenters. The number of Topliss-reactive ketones (excluding diaryl/α,β-unsaturated/α-hetero) is 1. The first kappa shape index (κ1) is 21.7. The van der Waals surface area contributed by atoms with E-state index in [-0.39, 0.29) is 16.9 Å². The van der Waals surface area contributed by atoms with E-state index >= 15 is 0 Å². The Hall–Kier alpha value is -4.10. The standard InChI is InChI=1S/C26H17ClFNO5/c1-33-17-6-4-5-16(13-17)29-23(18-7-2-3-8-19(18)28)22(25(31)26(29)32)24(30)21-12-14-11-15(27)9-10-20(14)34-21/h2-13,23,31H,1H3. The largest absolute Gasteiger partial charge is 0.503 e. The summed E-state index contributed by atoms with van der Waals surface area (Å²) in [5.41, 5.74) is 0.487. The van der Waals surface area contributed by atoms with Crippen LogP contribution in [0.25, 0.3) is 11.0 Å². The topological polar surface area (TPSA) is 80.0 Å². The number of hydrogen-bond donors (Lipinski definition) is 1. The summed E-state index contributed by atoms with van der Waals surface area (Å²) >= 11 is 6.03. The number of amides is 1. The Bertz CT molecular complexity index is 1490. The second kappa shape index (κ2) is 8.35. The van der Waals surface area contributed by atoms with Crippen molar-refractivity contribution in [3.63, 3.8) is 0 Å². The van der Waals surface area contributed by atoms with Crippen molar-refractivity contribution >= 4 is 39.9 Å². The number of hydrogen-bond acceptors (Lipinski definition) is 5. The van der Waals surface area contributed by atoms with Gasteiger partial charge in [0.25, 0.3) is 5.91 Å². The highest BCUT2D eigenvalue weighted by Gasteiger charge is 2.46. The smallest absolute Gasteiger partial charge is 0.294 e. The van der Waals surface area contributed by atoms with Gasteiger partial charge in [-0.1, -0.05) is 35.9 Å². The highest BCUT2D eigenvalue weighted by atomic mass is 35.5. The number of rotatable bonds is 5. The number of nitrogens with zero attached hydrogens (tertiary/aromatic N) is 1. The molecule has 0 spiro atoms. The normalized spacial score (nSPS) is 15.9. The van der Waals surface area contributed by atoms with Crippen LogP contribution in [0.4, 0.5) is 10.1 Å². The van der Waals surface area contributed by atoms with E-state index in [0.717, 1.165) is 0 Å². The van der Waals surface area contributed by atoms with E-state index in [9.17, 15) is 19.1 Å². The van der Waals surface area contributed by atoms with E-state index in [1.54, 1.807) is 48.5 Å². The molecule has 0 bridgehead atoms. The van der Waals surface area contributed by atoms with Crippen LogP contribution in [0.5, 0.6) is 5.75 Å². The zero-order valence-corrected chi connectivity index (χ0v) is 18.5. The molecule has 0 saturated carbocycles. The Morgan fingerprint density at radius 1 is 1.09 bits per heavy atom. The number of halogens is 2. The fourth-order valence-electron chi connectivity index (χ4n) is 4.11. The predicted octanol–water partition coefficient (Wildman–Crippen LogP) is 6.02. The van der Waals surface area contributed by atoms with Crippen LogP contribution in [-0.4, -0.2) is 23.9 Å². The van der Waals surface area contributed by atoms with Crippen LogP contribution in [0.15, 0.2) is 88.5 Å². The average molecular weight is 478 g/mol. The van der Waals surface area contributed by atoms with Crippen LogP contribution in [0.2, 0.25) is 5.02 Å². The number of anilines is 1. The summed E-state index contributed by atoms with van der Waals surface area (Å²) in [5.74, 6) is -2.66. The number of furan rings is 1. The molecule has 1 aliphatic rings. The maximum Gasteiger partial charge on any atom is 0.294 e. The molecular weight excluding hydrogens is 461 g/mol. The van der Waals surface area contributed by atoms with Crippen LogP contribution in [0, 0.1) is 5.82 Å². The molecule has 1 aliphatic heterocycles. The lowest BCUT2D eigenvalue weighted by atomic mass is 9.94. The predicted molar refractivity (Wildman–Crippen MR) is 125 cm³/mol. The number of carbonyl (C=O) groups excluding carboxylic acids is 2. The summed E-state index contributed by atoms with van der Waals surface area (Å²) in [4.78, 5) is 28.0. The number of aliphatic hydroxyl groups is 1. The summed E-state index contributed by atoms with van der Waals surface area (Å²) < 4.78 is 25.9. The minimum atomic E-state index is -1.23. The summed E-state index contributed by atoms with van der Waals surface area (Å²) in [5, 5.41) is 11.9. The minimum absolute atomic E-state index is 0.0465. The van der Waals surface area contributed by atoms with E-state index in [1.165, 1.54) is 36.3 Å². The maximum absolute atomic E-state index is 15.0. The number of ether oxygens (including phenoxy) is 1. The van der Waals surface area contributed by atoms with Gasteiger partial charge in [-0.3, -0.25) is 14.5 Å². The molecule has 34 heavy (non-hydrogen) atoms. The Balaban J connectivity index is 1.68. The molecule has 0 fully saturated rings. The molecular formula is C26H17ClFNO5. The van der Waals surface area contributed by atoms with Gasteiger partial charge in [0.1, 0.15) is 17.1 Å². The molecule has 1 unspecified atom stereocenters. The van der Waals surface area contributed by atoms with E-state index in [2.05, 4.69) is 0 Å². The monoisotopic (exact) mass is 477 g/mol. The zero-order valence-electron chi connectivity index (χ0n) is 17.8. The quantitative estimate of drug-likeness (QED) is 0.356. The summed E-state index contributed by atoms with van der Waals surface area (Å²) in [6.07, 6.45) is 0. The Kier molecular flexibility index (Phi) is 5.34. The summed E-state index contributed by atoms with van der Waals surface area (Å²) in [7, 11) is 1.47. The van der Waals surface area contributed by atoms with Gasteiger partial charge >= 0.3 is 0 Å². The first-order valence-corrected chi connectivity index (χ1v) is 10.7. The van der Waals surface area contributed by atoms with Gasteiger partial charge in [0.05, 0.1) is 18.7 Å². The highest BCUT2D eigenvalue weighted by Crippen LogP contribution is 2.43. The molecule has 3 aromatic carbocycles. The Labute approximate surface area is 198 Å². The molecule has 1 aromatic heterocycles. The third kappa shape index (κ3) is 3.50. The number of carbonyl (C=O) groups is 2. The third-order valence-electron chi connectivity index (χ3n) is 5.69. The fraction of sp³-hybridized carbons (Fsp3) is 0.0769. The van der Waals surface area contributed by atoms with E-state index in [1.807, 2.05) is 0 Å². The van der Waals surface area contributed by atoms with Gasteiger partial charge in [0.2, 0.25) is 5.78 Å². The summed E-state index contributed by atoms with van der Waals surface area (Å²) in [6.45, 7) is 0. The molecule has 2 heterocycles. The molecule has 5 rings (SSSR count). The zero-order chi connectivity index (χ0) is 24.0. The van der Waals surface area contributed by atoms with Gasteiger partial charge in [-0.25, -0.2) is 4.39 Å². The van der Waals surface area contributed by atoms with Gasteiger partial charge in [-0.15, -0.1) is 0 Å². The Morgan fingerprint density at radius 2 is 1.88 bits per heavy atom. The SMILES string of the molecule is COc1cccc(N2C(=O)C(O)=C(C(=O)c3cc4cc(Cl)ccc4o3)C2c2ccccc2F)c1. The molecule has 1 amide bonds. The fourth-order valence-corrected chi connectivity index (χ4v) is 4.29. The molecule has 0 aliphatic carbocycles. The Morgan fingerprint density at radius 3 is 2.65 bits per heavy atom. The maximum atomic E-state index is 15.0. The van der Waals surface area contributed by atoms with Crippen LogP contribution >= 0.6 is 11.6 Å². The third-order valence-corrected chi connectivity index (χ3v) is 5.92. The van der Waals surface area contributed by atoms with E-state index in [0.29, 0.717) is 27.4 Å². The van der Waals surface area contributed by atoms with Crippen molar-refractivity contribution in [2.24, 2.45) is 0 Å². The van der Waals surface area contributed by atoms with Gasteiger partial charge in [-0.05, 0) is 42.5 Å². The molecule has 1 N–H and O–H groups in total. The first-order chi connectivity index (χ1) is 16.4. The highest BCUT2D eigenvalue weighted by molar-refractivity contribution is 6.31. The lowest BCUT2D eigenvalue weighted by Crippen LogP contribution is -2.31. The van der Waals surface area contributed by atoms with Crippen molar-refractivity contribution in [3.8, 4) is 5.75 Å². The minimum Gasteiger partial charge on any atom is -0.503 e. The van der Waals surface area contributed by atoms with Crippen LogP contribution < -0.4 is 9.64 Å². The number of methoxy groups -OCH3 is 1. The first-order valence-electron chi connectivity index (χ1n) is 10.3. The molecule has 170 valence electrons. The van der Waals surface area contributed by atoms with Crippen LogP contribution in [-0.2, 0) is 4.79 Å². The van der Waals surface area contributed by atoms with Crippen molar-refractivity contribution in [3.05, 3.63) is 106 Å². The number of benzene rings is 3. The van der Waals surface area contributed by atoms with E-state index in [4.69, 9.17) is 20.8 Å². The van der Waals surface area contributed by atoms with Crippen molar-refractivity contribution < 1.29 is 28.2 Å². The molecule has 8 heteroatoms. The van der Waals surface area contributed by atoms with E-state index < -0.39 is 29.3 Å². The van der Waals surface area contributed by atoms with Crippen molar-refractivity contribution in [2.45, 2.75) is 6.04 Å². The molecule has 0 radical (unpaired) electrons. The van der Waals surface area contributed by atoms with Crippen LogP contribution in [0.1, 0.15) is 22.2 Å². The lowest BCUT2D eigenvalue weighted by molar-refractivity contribution is -0.117. The molecule has 6 nitrogen and oxygen atoms in total. The van der Waals surface area contributed by atoms with Gasteiger partial charge in [0, 0.05) is 27.7 Å². The number of ketones is 1. The second-order valence-corrected chi connectivity index (χ2v) is 8.12.